The summed E-state index contributed by atoms with van der Waals surface area (Å²) in [7, 11) is -2.10. The number of anilines is 1. The third-order valence-electron chi connectivity index (χ3n) is 2.37. The van der Waals surface area contributed by atoms with Gasteiger partial charge in [-0.3, -0.25) is 4.31 Å². The van der Waals surface area contributed by atoms with Crippen LogP contribution in [0.15, 0.2) is 18.2 Å². The SMILES string of the molecule is CCS(=O)(=O)N(C)c1ccc(CN)cc1F. The smallest absolute Gasteiger partial charge is 0.234 e. The first-order valence-corrected chi connectivity index (χ1v) is 6.48. The van der Waals surface area contributed by atoms with E-state index in [1.54, 1.807) is 6.07 Å². The van der Waals surface area contributed by atoms with Crippen LogP contribution < -0.4 is 10.0 Å². The Morgan fingerprint density at radius 2 is 2.06 bits per heavy atom. The molecule has 6 heteroatoms. The van der Waals surface area contributed by atoms with Crippen molar-refractivity contribution < 1.29 is 12.8 Å². The number of benzene rings is 1. The lowest BCUT2D eigenvalue weighted by Gasteiger charge is -2.19. The molecule has 0 heterocycles. The molecule has 0 spiro atoms. The maximum Gasteiger partial charge on any atom is 0.234 e. The van der Waals surface area contributed by atoms with Gasteiger partial charge in [-0.1, -0.05) is 6.07 Å². The molecule has 0 aliphatic rings. The lowest BCUT2D eigenvalue weighted by atomic mass is 10.2. The fourth-order valence-electron chi connectivity index (χ4n) is 1.28. The first-order chi connectivity index (χ1) is 7.42. The van der Waals surface area contributed by atoms with Crippen molar-refractivity contribution in [1.82, 2.24) is 0 Å². The van der Waals surface area contributed by atoms with E-state index >= 15 is 0 Å². The van der Waals surface area contributed by atoms with Crippen LogP contribution in [-0.2, 0) is 16.6 Å². The molecule has 1 aromatic rings. The van der Waals surface area contributed by atoms with E-state index in [2.05, 4.69) is 0 Å². The number of rotatable bonds is 4. The number of halogens is 1. The quantitative estimate of drug-likeness (QED) is 0.864. The summed E-state index contributed by atoms with van der Waals surface area (Å²) in [5.41, 5.74) is 6.03. The maximum atomic E-state index is 13.6. The molecule has 0 fully saturated rings. The lowest BCUT2D eigenvalue weighted by Crippen LogP contribution is -2.28. The molecule has 2 N–H and O–H groups in total. The van der Waals surface area contributed by atoms with E-state index in [0.717, 1.165) is 4.31 Å². The van der Waals surface area contributed by atoms with Crippen molar-refractivity contribution in [1.29, 1.82) is 0 Å². The van der Waals surface area contributed by atoms with Gasteiger partial charge in [0.1, 0.15) is 5.82 Å². The molecule has 16 heavy (non-hydrogen) atoms. The minimum absolute atomic E-state index is 0.0408. The number of nitrogens with two attached hydrogens (primary N) is 1. The Bertz CT molecular complexity index is 474. The van der Waals surface area contributed by atoms with Gasteiger partial charge in [0.15, 0.2) is 0 Å². The zero-order valence-corrected chi connectivity index (χ0v) is 10.1. The van der Waals surface area contributed by atoms with Gasteiger partial charge in [-0.25, -0.2) is 12.8 Å². The molecule has 0 radical (unpaired) electrons. The summed E-state index contributed by atoms with van der Waals surface area (Å²) in [6.07, 6.45) is 0. The molecule has 0 aliphatic heterocycles. The molecule has 0 aromatic heterocycles. The molecule has 0 bridgehead atoms. The first-order valence-electron chi connectivity index (χ1n) is 4.87. The summed E-state index contributed by atoms with van der Waals surface area (Å²) >= 11 is 0. The average molecular weight is 246 g/mol. The van der Waals surface area contributed by atoms with Crippen LogP contribution >= 0.6 is 0 Å². The minimum atomic E-state index is -3.43. The second-order valence-electron chi connectivity index (χ2n) is 3.36. The third kappa shape index (κ3) is 2.51. The molecule has 90 valence electrons. The highest BCUT2D eigenvalue weighted by Crippen LogP contribution is 2.21. The second kappa shape index (κ2) is 4.80. The van der Waals surface area contributed by atoms with Gasteiger partial charge in [0.05, 0.1) is 11.4 Å². The largest absolute Gasteiger partial charge is 0.326 e. The van der Waals surface area contributed by atoms with Crippen LogP contribution in [0.2, 0.25) is 0 Å². The Balaban J connectivity index is 3.15. The van der Waals surface area contributed by atoms with Crippen molar-refractivity contribution in [3.8, 4) is 0 Å². The average Bonchev–Trinajstić information content (AvgIpc) is 2.28. The molecule has 0 saturated heterocycles. The Morgan fingerprint density at radius 3 is 2.50 bits per heavy atom. The van der Waals surface area contributed by atoms with E-state index in [9.17, 15) is 12.8 Å². The second-order valence-corrected chi connectivity index (χ2v) is 5.65. The standard InChI is InChI=1S/C10H15FN2O2S/c1-3-16(14,15)13(2)10-5-4-8(7-12)6-9(10)11/h4-6H,3,7,12H2,1-2H3. The van der Waals surface area contributed by atoms with Crippen LogP contribution in [0.25, 0.3) is 0 Å². The minimum Gasteiger partial charge on any atom is -0.326 e. The van der Waals surface area contributed by atoms with Crippen LogP contribution in [0.1, 0.15) is 12.5 Å². The highest BCUT2D eigenvalue weighted by atomic mass is 32.2. The summed E-state index contributed by atoms with van der Waals surface area (Å²) in [6.45, 7) is 1.74. The van der Waals surface area contributed by atoms with Crippen molar-refractivity contribution in [2.24, 2.45) is 5.73 Å². The molecule has 0 atom stereocenters. The van der Waals surface area contributed by atoms with Crippen LogP contribution in [0.5, 0.6) is 0 Å². The summed E-state index contributed by atoms with van der Waals surface area (Å²) < 4.78 is 37.6. The lowest BCUT2D eigenvalue weighted by molar-refractivity contribution is 0.590. The summed E-state index contributed by atoms with van der Waals surface area (Å²) in [5.74, 6) is -0.649. The molecule has 0 amide bonds. The number of hydrogen-bond donors (Lipinski definition) is 1. The topological polar surface area (TPSA) is 63.4 Å². The van der Waals surface area contributed by atoms with Gasteiger partial charge in [-0.05, 0) is 24.6 Å². The van der Waals surface area contributed by atoms with Gasteiger partial charge >= 0.3 is 0 Å². The van der Waals surface area contributed by atoms with E-state index < -0.39 is 15.8 Å². The molecule has 0 saturated carbocycles. The van der Waals surface area contributed by atoms with Crippen molar-refractivity contribution in [3.05, 3.63) is 29.6 Å². The molecule has 0 unspecified atom stereocenters. The normalized spacial score (nSPS) is 11.5. The Labute approximate surface area is 94.9 Å². The van der Waals surface area contributed by atoms with Crippen molar-refractivity contribution in [2.75, 3.05) is 17.1 Å². The molecular weight excluding hydrogens is 231 g/mol. The van der Waals surface area contributed by atoms with E-state index in [4.69, 9.17) is 5.73 Å². The summed E-state index contributed by atoms with van der Waals surface area (Å²) in [6, 6.07) is 4.28. The summed E-state index contributed by atoms with van der Waals surface area (Å²) in [5, 5.41) is 0. The van der Waals surface area contributed by atoms with E-state index in [0.29, 0.717) is 5.56 Å². The van der Waals surface area contributed by atoms with Gasteiger partial charge in [0.25, 0.3) is 0 Å². The van der Waals surface area contributed by atoms with Crippen LogP contribution in [0.3, 0.4) is 0 Å². The monoisotopic (exact) mass is 246 g/mol. The molecule has 1 aromatic carbocycles. The van der Waals surface area contributed by atoms with E-state index in [1.807, 2.05) is 0 Å². The van der Waals surface area contributed by atoms with Gasteiger partial charge in [-0.15, -0.1) is 0 Å². The van der Waals surface area contributed by atoms with Gasteiger partial charge in [0, 0.05) is 13.6 Å². The Morgan fingerprint density at radius 1 is 1.44 bits per heavy atom. The summed E-state index contributed by atoms with van der Waals surface area (Å²) in [4.78, 5) is 0. The van der Waals surface area contributed by atoms with E-state index in [-0.39, 0.29) is 18.0 Å². The number of hydrogen-bond acceptors (Lipinski definition) is 3. The van der Waals surface area contributed by atoms with Gasteiger partial charge < -0.3 is 5.73 Å². The molecule has 0 aliphatic carbocycles. The predicted octanol–water partition coefficient (Wildman–Crippen LogP) is 1.07. The predicted molar refractivity (Wildman–Crippen MR) is 62.2 cm³/mol. The maximum absolute atomic E-state index is 13.6. The van der Waals surface area contributed by atoms with Crippen molar-refractivity contribution in [3.63, 3.8) is 0 Å². The fraction of sp³-hybridized carbons (Fsp3) is 0.400. The van der Waals surface area contributed by atoms with Crippen LogP contribution in [0, 0.1) is 5.82 Å². The fourth-order valence-corrected chi connectivity index (χ4v) is 2.11. The number of nitrogens with zero attached hydrogens (tertiary/aromatic N) is 1. The zero-order chi connectivity index (χ0) is 12.3. The van der Waals surface area contributed by atoms with Crippen molar-refractivity contribution >= 4 is 15.7 Å². The van der Waals surface area contributed by atoms with Crippen LogP contribution in [0.4, 0.5) is 10.1 Å². The highest BCUT2D eigenvalue weighted by molar-refractivity contribution is 7.92. The molecule has 4 nitrogen and oxygen atoms in total. The third-order valence-corrected chi connectivity index (χ3v) is 4.13. The Hall–Kier alpha value is -1.14. The molecule has 1 rings (SSSR count). The van der Waals surface area contributed by atoms with E-state index in [1.165, 1.54) is 26.1 Å². The number of sulfonamides is 1. The Kier molecular flexibility index (Phi) is 3.88. The zero-order valence-electron chi connectivity index (χ0n) is 9.27. The highest BCUT2D eigenvalue weighted by Gasteiger charge is 2.18. The first kappa shape index (κ1) is 12.9. The van der Waals surface area contributed by atoms with Crippen LogP contribution in [-0.4, -0.2) is 21.2 Å². The van der Waals surface area contributed by atoms with Crippen molar-refractivity contribution in [2.45, 2.75) is 13.5 Å². The van der Waals surface area contributed by atoms with Gasteiger partial charge in [0.2, 0.25) is 10.0 Å². The molecular formula is C10H15FN2O2S. The van der Waals surface area contributed by atoms with Gasteiger partial charge in [-0.2, -0.15) is 0 Å².